The number of benzene rings is 1. The Balaban J connectivity index is 1.34. The van der Waals surface area contributed by atoms with Gasteiger partial charge in [-0.15, -0.1) is 5.10 Å². The third-order valence-electron chi connectivity index (χ3n) is 5.76. The highest BCUT2D eigenvalue weighted by Crippen LogP contribution is 2.30. The Morgan fingerprint density at radius 3 is 2.48 bits per heavy atom. The number of hydrogen-bond donors (Lipinski definition) is 0. The second-order valence-corrected chi connectivity index (χ2v) is 7.65. The van der Waals surface area contributed by atoms with Gasteiger partial charge >= 0.3 is 0 Å². The summed E-state index contributed by atoms with van der Waals surface area (Å²) in [6, 6.07) is 6.38. The lowest BCUT2D eigenvalue weighted by Gasteiger charge is -2.36. The minimum absolute atomic E-state index is 0.0546. The lowest BCUT2D eigenvalue weighted by Crippen LogP contribution is -2.48. The summed E-state index contributed by atoms with van der Waals surface area (Å²) in [6.07, 6.45) is 5.75. The Bertz CT molecular complexity index is 1030. The Morgan fingerprint density at radius 2 is 1.76 bits per heavy atom. The third-order valence-corrected chi connectivity index (χ3v) is 5.76. The second-order valence-electron chi connectivity index (χ2n) is 7.65. The summed E-state index contributed by atoms with van der Waals surface area (Å²) in [4.78, 5) is 28.1. The van der Waals surface area contributed by atoms with Crippen molar-refractivity contribution in [3.63, 3.8) is 0 Å². The van der Waals surface area contributed by atoms with E-state index in [1.165, 1.54) is 12.8 Å². The van der Waals surface area contributed by atoms with Crippen LogP contribution >= 0.6 is 0 Å². The number of nitrogens with zero attached hydrogens (tertiary/aromatic N) is 8. The molecule has 9 nitrogen and oxygen atoms in total. The van der Waals surface area contributed by atoms with Crippen LogP contribution < -0.4 is 9.80 Å². The number of amides is 1. The molecule has 0 atom stereocenters. The van der Waals surface area contributed by atoms with Crippen molar-refractivity contribution < 1.29 is 4.79 Å². The van der Waals surface area contributed by atoms with E-state index in [-0.39, 0.29) is 5.91 Å². The molecule has 2 aromatic heterocycles. The Hall–Kier alpha value is -3.23. The van der Waals surface area contributed by atoms with E-state index in [1.54, 1.807) is 24.3 Å². The zero-order valence-corrected chi connectivity index (χ0v) is 16.5. The number of fused-ring (bicyclic) bond motifs is 1. The first-order valence-corrected chi connectivity index (χ1v) is 10.1. The molecule has 2 aliphatic rings. The van der Waals surface area contributed by atoms with Gasteiger partial charge in [0.25, 0.3) is 5.91 Å². The summed E-state index contributed by atoms with van der Waals surface area (Å²) in [5.74, 6) is 0.979. The van der Waals surface area contributed by atoms with E-state index in [0.29, 0.717) is 18.8 Å². The molecule has 2 fully saturated rings. The molecule has 0 unspecified atom stereocenters. The van der Waals surface area contributed by atoms with Crippen LogP contribution in [0.5, 0.6) is 0 Å². The number of carbonyl (C=O) groups excluding carboxylic acids is 1. The molecule has 5 rings (SSSR count). The minimum Gasteiger partial charge on any atom is -0.368 e. The van der Waals surface area contributed by atoms with Gasteiger partial charge in [-0.05, 0) is 31.0 Å². The van der Waals surface area contributed by atoms with Crippen LogP contribution in [0.3, 0.4) is 0 Å². The zero-order valence-electron chi connectivity index (χ0n) is 16.5. The van der Waals surface area contributed by atoms with Gasteiger partial charge < -0.3 is 14.7 Å². The SMILES string of the molecule is Cn1cc(C(=O)N2CCN(c3ccc4ncnc(N5CCCC5)c4c3)CC2)nn1. The van der Waals surface area contributed by atoms with Gasteiger partial charge in [0.05, 0.1) is 11.7 Å². The molecule has 0 N–H and O–H groups in total. The molecule has 2 saturated heterocycles. The molecule has 29 heavy (non-hydrogen) atoms. The number of rotatable bonds is 3. The van der Waals surface area contributed by atoms with Gasteiger partial charge in [-0.25, -0.2) is 9.97 Å². The maximum Gasteiger partial charge on any atom is 0.276 e. The number of piperazine rings is 1. The molecule has 0 aliphatic carbocycles. The van der Waals surface area contributed by atoms with E-state index in [9.17, 15) is 4.79 Å². The van der Waals surface area contributed by atoms with Gasteiger partial charge in [0.2, 0.25) is 0 Å². The number of aryl methyl sites for hydroxylation is 1. The van der Waals surface area contributed by atoms with E-state index < -0.39 is 0 Å². The first kappa shape index (κ1) is 17.8. The van der Waals surface area contributed by atoms with E-state index in [1.807, 2.05) is 4.90 Å². The van der Waals surface area contributed by atoms with Crippen molar-refractivity contribution in [2.24, 2.45) is 7.05 Å². The average Bonchev–Trinajstić information content (AvgIpc) is 3.44. The molecule has 1 aromatic carbocycles. The van der Waals surface area contributed by atoms with E-state index in [0.717, 1.165) is 48.6 Å². The van der Waals surface area contributed by atoms with Gasteiger partial charge in [-0.2, -0.15) is 0 Å². The molecule has 2 aliphatic heterocycles. The molecule has 0 bridgehead atoms. The predicted octanol–water partition coefficient (Wildman–Crippen LogP) is 1.32. The van der Waals surface area contributed by atoms with Crippen LogP contribution in [-0.4, -0.2) is 75.0 Å². The van der Waals surface area contributed by atoms with Crippen molar-refractivity contribution in [1.82, 2.24) is 29.9 Å². The van der Waals surface area contributed by atoms with Crippen LogP contribution in [0.4, 0.5) is 11.5 Å². The van der Waals surface area contributed by atoms with Crippen molar-refractivity contribution in [2.45, 2.75) is 12.8 Å². The summed E-state index contributed by atoms with van der Waals surface area (Å²) in [7, 11) is 1.77. The van der Waals surface area contributed by atoms with Crippen LogP contribution in [0.2, 0.25) is 0 Å². The lowest BCUT2D eigenvalue weighted by atomic mass is 10.1. The fourth-order valence-corrected chi connectivity index (χ4v) is 4.18. The molecular formula is C20H24N8O. The van der Waals surface area contributed by atoms with E-state index in [4.69, 9.17) is 0 Å². The van der Waals surface area contributed by atoms with E-state index >= 15 is 0 Å². The summed E-state index contributed by atoms with van der Waals surface area (Å²) >= 11 is 0. The lowest BCUT2D eigenvalue weighted by molar-refractivity contribution is 0.0740. The maximum atomic E-state index is 12.6. The third kappa shape index (κ3) is 3.37. The van der Waals surface area contributed by atoms with Crippen molar-refractivity contribution in [1.29, 1.82) is 0 Å². The molecule has 4 heterocycles. The fourth-order valence-electron chi connectivity index (χ4n) is 4.18. The zero-order chi connectivity index (χ0) is 19.8. The smallest absolute Gasteiger partial charge is 0.276 e. The summed E-state index contributed by atoms with van der Waals surface area (Å²) in [5.41, 5.74) is 2.53. The Labute approximate surface area is 168 Å². The van der Waals surface area contributed by atoms with Crippen molar-refractivity contribution in [3.8, 4) is 0 Å². The second kappa shape index (κ2) is 7.31. The first-order valence-electron chi connectivity index (χ1n) is 10.1. The van der Waals surface area contributed by atoms with Crippen molar-refractivity contribution >= 4 is 28.3 Å². The standard InChI is InChI=1S/C20H24N8O/c1-25-13-18(23-24-25)20(29)28-10-8-26(9-11-28)15-4-5-17-16(12-15)19(22-14-21-17)27-6-2-3-7-27/h4-5,12-14H,2-3,6-11H2,1H3. The van der Waals surface area contributed by atoms with Gasteiger partial charge in [-0.1, -0.05) is 5.21 Å². The number of carbonyl (C=O) groups is 1. The van der Waals surface area contributed by atoms with Crippen LogP contribution in [0.25, 0.3) is 10.9 Å². The number of aromatic nitrogens is 5. The molecular weight excluding hydrogens is 368 g/mol. The molecule has 3 aromatic rings. The summed E-state index contributed by atoms with van der Waals surface area (Å²) in [5, 5.41) is 8.90. The highest BCUT2D eigenvalue weighted by molar-refractivity contribution is 5.93. The highest BCUT2D eigenvalue weighted by atomic mass is 16.2. The highest BCUT2D eigenvalue weighted by Gasteiger charge is 2.25. The van der Waals surface area contributed by atoms with Crippen LogP contribution in [0, 0.1) is 0 Å². The van der Waals surface area contributed by atoms with Crippen molar-refractivity contribution in [2.75, 3.05) is 49.1 Å². The van der Waals surface area contributed by atoms with Gasteiger partial charge in [0, 0.05) is 57.4 Å². The maximum absolute atomic E-state index is 12.6. The quantitative estimate of drug-likeness (QED) is 0.665. The monoisotopic (exact) mass is 392 g/mol. The summed E-state index contributed by atoms with van der Waals surface area (Å²) in [6.45, 7) is 5.00. The normalized spacial score (nSPS) is 17.3. The topological polar surface area (TPSA) is 83.3 Å². The fraction of sp³-hybridized carbons (Fsp3) is 0.450. The van der Waals surface area contributed by atoms with Gasteiger partial charge in [0.15, 0.2) is 5.69 Å². The van der Waals surface area contributed by atoms with Crippen molar-refractivity contribution in [3.05, 3.63) is 36.4 Å². The van der Waals surface area contributed by atoms with Crippen LogP contribution in [-0.2, 0) is 7.05 Å². The molecule has 0 spiro atoms. The predicted molar refractivity (Wildman–Crippen MR) is 110 cm³/mol. The molecule has 150 valence electrons. The number of anilines is 2. The first-order chi connectivity index (χ1) is 14.2. The summed E-state index contributed by atoms with van der Waals surface area (Å²) < 4.78 is 1.55. The van der Waals surface area contributed by atoms with Gasteiger partial charge in [0.1, 0.15) is 12.1 Å². The Morgan fingerprint density at radius 1 is 0.966 bits per heavy atom. The van der Waals surface area contributed by atoms with Gasteiger partial charge in [-0.3, -0.25) is 9.48 Å². The number of hydrogen-bond acceptors (Lipinski definition) is 7. The molecule has 0 saturated carbocycles. The average molecular weight is 392 g/mol. The largest absolute Gasteiger partial charge is 0.368 e. The van der Waals surface area contributed by atoms with E-state index in [2.05, 4.69) is 48.3 Å². The molecule has 0 radical (unpaired) electrons. The molecule has 9 heteroatoms. The minimum atomic E-state index is -0.0546. The Kier molecular flexibility index (Phi) is 4.49. The molecule has 1 amide bonds. The van der Waals surface area contributed by atoms with Crippen LogP contribution in [0.1, 0.15) is 23.3 Å². The van der Waals surface area contributed by atoms with Crippen LogP contribution in [0.15, 0.2) is 30.7 Å².